The lowest BCUT2D eigenvalue weighted by atomic mass is 9.82. The molecule has 0 spiro atoms. The highest BCUT2D eigenvalue weighted by atomic mass is 79.9. The van der Waals surface area contributed by atoms with Gasteiger partial charge in [-0.2, -0.15) is 0 Å². The Balaban J connectivity index is 1.37. The highest BCUT2D eigenvalue weighted by Crippen LogP contribution is 2.54. The summed E-state index contributed by atoms with van der Waals surface area (Å²) in [6.45, 7) is -0.271. The lowest BCUT2D eigenvalue weighted by Crippen LogP contribution is -2.32. The minimum atomic E-state index is -0.783. The summed E-state index contributed by atoms with van der Waals surface area (Å²) in [5.41, 5.74) is 1.73. The van der Waals surface area contributed by atoms with E-state index in [1.165, 1.54) is 16.7 Å². The highest BCUT2D eigenvalue weighted by molar-refractivity contribution is 9.10. The Morgan fingerprint density at radius 2 is 1.68 bits per heavy atom. The molecule has 2 aliphatic rings. The number of aromatic amines is 1. The lowest BCUT2D eigenvalue weighted by molar-refractivity contribution is -0.122. The normalized spacial score (nSPS) is 19.8. The van der Waals surface area contributed by atoms with E-state index in [0.717, 1.165) is 20.3 Å². The molecule has 1 aromatic heterocycles. The maximum absolute atomic E-state index is 14.0. The Bertz CT molecular complexity index is 1690. The van der Waals surface area contributed by atoms with Crippen LogP contribution in [0.2, 0.25) is 0 Å². The van der Waals surface area contributed by atoms with Gasteiger partial charge in [-0.25, -0.2) is 4.90 Å². The van der Waals surface area contributed by atoms with Crippen molar-refractivity contribution < 1.29 is 19.1 Å². The van der Waals surface area contributed by atoms with Gasteiger partial charge in [0.15, 0.2) is 6.61 Å². The third-order valence-corrected chi connectivity index (χ3v) is 10.1. The second-order valence-corrected chi connectivity index (χ2v) is 13.1. The summed E-state index contributed by atoms with van der Waals surface area (Å²) in [6.07, 6.45) is 0. The molecule has 3 aromatic carbocycles. The van der Waals surface area contributed by atoms with Gasteiger partial charge in [0.2, 0.25) is 11.8 Å². The van der Waals surface area contributed by atoms with Crippen molar-refractivity contribution in [3.8, 4) is 5.75 Å². The molecule has 2 aliphatic heterocycles. The molecular weight excluding hydrogens is 682 g/mol. The number of imide groups is 1. The van der Waals surface area contributed by atoms with Crippen molar-refractivity contribution in [2.45, 2.75) is 16.2 Å². The van der Waals surface area contributed by atoms with Crippen LogP contribution < -0.4 is 19.8 Å². The van der Waals surface area contributed by atoms with E-state index >= 15 is 0 Å². The molecule has 0 aliphatic carbocycles. The second-order valence-electron chi connectivity index (χ2n) is 9.12. The summed E-state index contributed by atoms with van der Waals surface area (Å²) in [5.74, 6) is -2.09. The first-order valence-electron chi connectivity index (χ1n) is 12.1. The summed E-state index contributed by atoms with van der Waals surface area (Å²) < 4.78 is 7.55. The van der Waals surface area contributed by atoms with Crippen LogP contribution in [0.15, 0.2) is 91.6 Å². The van der Waals surface area contributed by atoms with Crippen molar-refractivity contribution in [1.82, 2.24) is 4.98 Å². The van der Waals surface area contributed by atoms with Crippen molar-refractivity contribution in [2.24, 2.45) is 5.92 Å². The average Bonchev–Trinajstić information content (AvgIpc) is 3.43. The molecule has 12 heteroatoms. The van der Waals surface area contributed by atoms with Crippen LogP contribution in [0.1, 0.15) is 16.4 Å². The Labute approximate surface area is 253 Å². The van der Waals surface area contributed by atoms with E-state index in [-0.39, 0.29) is 29.2 Å². The molecule has 1 saturated heterocycles. The molecule has 0 unspecified atom stereocenters. The summed E-state index contributed by atoms with van der Waals surface area (Å²) in [4.78, 5) is 57.2. The van der Waals surface area contributed by atoms with Crippen LogP contribution in [-0.2, 0) is 14.4 Å². The van der Waals surface area contributed by atoms with Gasteiger partial charge in [-0.1, -0.05) is 73.2 Å². The van der Waals surface area contributed by atoms with Crippen LogP contribution in [0.3, 0.4) is 0 Å². The van der Waals surface area contributed by atoms with Gasteiger partial charge >= 0.3 is 4.87 Å². The van der Waals surface area contributed by atoms with Gasteiger partial charge in [0.1, 0.15) is 11.0 Å². The molecule has 4 aromatic rings. The third-order valence-electron chi connectivity index (χ3n) is 6.63. The fourth-order valence-corrected chi connectivity index (χ4v) is 8.10. The molecule has 0 radical (unpaired) electrons. The number of carbonyl (C=O) groups is 3. The number of H-pyrrole nitrogens is 1. The number of thiazole rings is 1. The first-order chi connectivity index (χ1) is 19.3. The van der Waals surface area contributed by atoms with Crippen molar-refractivity contribution in [2.75, 3.05) is 16.8 Å². The van der Waals surface area contributed by atoms with Crippen LogP contribution in [0, 0.1) is 5.92 Å². The van der Waals surface area contributed by atoms with Gasteiger partial charge < -0.3 is 15.0 Å². The Morgan fingerprint density at radius 3 is 2.42 bits per heavy atom. The van der Waals surface area contributed by atoms with Gasteiger partial charge in [-0.15, -0.1) is 0 Å². The lowest BCUT2D eigenvalue weighted by Gasteiger charge is -2.31. The van der Waals surface area contributed by atoms with Gasteiger partial charge in [-0.3, -0.25) is 19.2 Å². The number of benzene rings is 3. The molecule has 1 fully saturated rings. The largest absolute Gasteiger partial charge is 0.483 e. The number of ether oxygens (including phenoxy) is 1. The predicted octanol–water partition coefficient (Wildman–Crippen LogP) is 5.77. The minimum absolute atomic E-state index is 0.271. The van der Waals surface area contributed by atoms with Gasteiger partial charge in [0.05, 0.1) is 16.6 Å². The third kappa shape index (κ3) is 5.05. The Morgan fingerprint density at radius 1 is 0.950 bits per heavy atom. The van der Waals surface area contributed by atoms with Crippen LogP contribution in [-0.4, -0.2) is 34.6 Å². The first-order valence-corrected chi connectivity index (χ1v) is 15.4. The van der Waals surface area contributed by atoms with Crippen molar-refractivity contribution in [3.05, 3.63) is 102 Å². The van der Waals surface area contributed by atoms with Crippen LogP contribution in [0.4, 0.5) is 11.4 Å². The molecule has 3 heterocycles. The number of amides is 3. The van der Waals surface area contributed by atoms with E-state index < -0.39 is 17.1 Å². The summed E-state index contributed by atoms with van der Waals surface area (Å²) >= 11 is 9.13. The summed E-state index contributed by atoms with van der Waals surface area (Å²) in [6, 6.07) is 21.3. The first kappa shape index (κ1) is 27.0. The predicted molar refractivity (Wildman–Crippen MR) is 161 cm³/mol. The van der Waals surface area contributed by atoms with Crippen LogP contribution in [0.5, 0.6) is 5.75 Å². The molecule has 8 nitrogen and oxygen atoms in total. The monoisotopic (exact) mass is 699 g/mol. The van der Waals surface area contributed by atoms with E-state index in [1.54, 1.807) is 48.5 Å². The number of aromatic nitrogens is 1. The molecule has 2 N–H and O–H groups in total. The summed E-state index contributed by atoms with van der Waals surface area (Å²) in [5, 5.41) is 2.61. The maximum Gasteiger partial charge on any atom is 0.305 e. The van der Waals surface area contributed by atoms with E-state index in [9.17, 15) is 19.2 Å². The molecule has 0 bridgehead atoms. The molecule has 3 amide bonds. The molecule has 202 valence electrons. The Kier molecular flexibility index (Phi) is 7.43. The number of hydrogen-bond donors (Lipinski definition) is 2. The van der Waals surface area contributed by atoms with Gasteiger partial charge in [0.25, 0.3) is 5.91 Å². The van der Waals surface area contributed by atoms with Crippen molar-refractivity contribution >= 4 is 84.1 Å². The van der Waals surface area contributed by atoms with Crippen LogP contribution >= 0.6 is 55.0 Å². The zero-order valence-electron chi connectivity index (χ0n) is 20.4. The Hall–Kier alpha value is -3.19. The molecular formula is C28H19Br2N3O5S2. The number of hydrogen-bond acceptors (Lipinski definition) is 7. The number of carbonyl (C=O) groups excluding carboxylic acids is 3. The summed E-state index contributed by atoms with van der Waals surface area (Å²) in [7, 11) is 0. The molecule has 0 saturated carbocycles. The maximum atomic E-state index is 14.0. The minimum Gasteiger partial charge on any atom is -0.483 e. The zero-order chi connectivity index (χ0) is 28.0. The smallest absolute Gasteiger partial charge is 0.305 e. The topological polar surface area (TPSA) is 109 Å². The fourth-order valence-electron chi connectivity index (χ4n) is 4.95. The fraction of sp³-hybridized carbons (Fsp3) is 0.143. The zero-order valence-corrected chi connectivity index (χ0v) is 25.2. The number of fused-ring (bicyclic) bond motifs is 2. The number of para-hydroxylation sites is 1. The van der Waals surface area contributed by atoms with Crippen LogP contribution in [0.25, 0.3) is 0 Å². The SMILES string of the molecule is O=C(COc1ccc(Br)cc1[C@@H]1c2sc(=O)[nH]c2S[C@H]2C(=O)N(c3ccc(Br)cc3)C(=O)[C@@H]12)Nc1ccccc1. The van der Waals surface area contributed by atoms with E-state index in [4.69, 9.17) is 4.74 Å². The molecule has 3 atom stereocenters. The van der Waals surface area contributed by atoms with Gasteiger partial charge in [-0.05, 0) is 54.6 Å². The number of nitrogens with one attached hydrogen (secondary N) is 2. The number of halogens is 2. The van der Waals surface area contributed by atoms with E-state index in [1.807, 2.05) is 24.3 Å². The number of thioether (sulfide) groups is 1. The standard InChI is InChI=1S/C28H19Br2N3O5S2/c29-14-6-9-17(10-7-14)33-26(35)22-21(23-25(32-28(37)40-23)39-24(22)27(33)36)18-12-15(30)8-11-19(18)38-13-20(34)31-16-4-2-1-3-5-16/h1-12,21-22,24H,13H2,(H,31,34)(H,32,37)/t21-,22-,24+/m0/s1. The average molecular weight is 701 g/mol. The highest BCUT2D eigenvalue weighted by Gasteiger charge is 2.56. The molecule has 6 rings (SSSR count). The number of nitrogens with zero attached hydrogens (tertiary/aromatic N) is 1. The van der Waals surface area contributed by atoms with Crippen molar-refractivity contribution in [1.29, 1.82) is 0 Å². The number of anilines is 2. The second kappa shape index (κ2) is 11.0. The van der Waals surface area contributed by atoms with E-state index in [0.29, 0.717) is 32.6 Å². The molecule has 40 heavy (non-hydrogen) atoms. The quantitative estimate of drug-likeness (QED) is 0.247. The van der Waals surface area contributed by atoms with E-state index in [2.05, 4.69) is 42.2 Å². The number of rotatable bonds is 6. The van der Waals surface area contributed by atoms with Gasteiger partial charge in [0, 0.05) is 31.0 Å². The van der Waals surface area contributed by atoms with Crippen molar-refractivity contribution in [3.63, 3.8) is 0 Å².